The first-order valence-corrected chi connectivity index (χ1v) is 10.8. The third kappa shape index (κ3) is 4.90. The molecule has 0 radical (unpaired) electrons. The quantitative estimate of drug-likeness (QED) is 0.346. The van der Waals surface area contributed by atoms with E-state index in [2.05, 4.69) is 34.0 Å². The smallest absolute Gasteiger partial charge is 0.258 e. The summed E-state index contributed by atoms with van der Waals surface area (Å²) in [4.78, 5) is 17.4. The monoisotopic (exact) mass is 509 g/mol. The molecule has 0 spiro atoms. The van der Waals surface area contributed by atoms with E-state index in [1.54, 1.807) is 10.8 Å². The minimum absolute atomic E-state index is 0. The van der Waals surface area contributed by atoms with Gasteiger partial charge in [0.15, 0.2) is 0 Å². The first-order chi connectivity index (χ1) is 15.7. The number of nitrogens with one attached hydrogen (secondary N) is 1. The Morgan fingerprint density at radius 3 is 2.67 bits per heavy atom. The Morgan fingerprint density at radius 1 is 1.06 bits per heavy atom. The van der Waals surface area contributed by atoms with Crippen LogP contribution >= 0.6 is 12.4 Å². The van der Waals surface area contributed by atoms with Crippen LogP contribution in [0, 0.1) is 0 Å². The largest absolute Gasteiger partial charge is 0.487 e. The highest BCUT2D eigenvalue weighted by Crippen LogP contribution is 2.29. The maximum Gasteiger partial charge on any atom is 0.258 e. The predicted molar refractivity (Wildman–Crippen MR) is 151 cm³/mol. The number of hydrogen-bond donors (Lipinski definition) is 1. The molecule has 5 heterocycles. The van der Waals surface area contributed by atoms with Crippen molar-refractivity contribution < 1.29 is 4.74 Å². The lowest BCUT2D eigenvalue weighted by molar-refractivity contribution is 0.301. The number of nitrogens with zero attached hydrogens (tertiary/aromatic N) is 4. The Hall–Kier alpha value is -3.55. The lowest BCUT2D eigenvalue weighted by Gasteiger charge is -2.14. The highest BCUT2D eigenvalue weighted by Gasteiger charge is 2.18. The van der Waals surface area contributed by atoms with Crippen LogP contribution in [0.2, 0.25) is 0 Å². The molecule has 4 aromatic heterocycles. The summed E-state index contributed by atoms with van der Waals surface area (Å²) in [7, 11) is 2.09. The van der Waals surface area contributed by atoms with E-state index >= 15 is 0 Å². The third-order valence-electron chi connectivity index (χ3n) is 6.24. The Morgan fingerprint density at radius 2 is 1.89 bits per heavy atom. The fourth-order valence-corrected chi connectivity index (χ4v) is 4.61. The molecule has 5 aromatic rings. The van der Waals surface area contributed by atoms with E-state index in [4.69, 9.17) is 4.74 Å². The lowest BCUT2D eigenvalue weighted by Crippen LogP contribution is -2.24. The van der Waals surface area contributed by atoms with Crippen molar-refractivity contribution in [1.29, 1.82) is 0 Å². The van der Waals surface area contributed by atoms with Crippen LogP contribution in [0.15, 0.2) is 71.9 Å². The van der Waals surface area contributed by atoms with E-state index in [1.807, 2.05) is 47.1 Å². The number of fused-ring (bicyclic) bond motifs is 4. The molecule has 192 valence electrons. The van der Waals surface area contributed by atoms with Crippen molar-refractivity contribution in [2.75, 3.05) is 6.54 Å². The summed E-state index contributed by atoms with van der Waals surface area (Å²) in [6, 6.07) is 15.4. The molecule has 0 fully saturated rings. The molecule has 36 heavy (non-hydrogen) atoms. The van der Waals surface area contributed by atoms with Gasteiger partial charge in [0.25, 0.3) is 5.56 Å². The Bertz CT molecular complexity index is 1500. The van der Waals surface area contributed by atoms with Gasteiger partial charge in [0.05, 0.1) is 16.9 Å². The molecule has 1 N–H and O–H groups in total. The van der Waals surface area contributed by atoms with Crippen LogP contribution in [0.4, 0.5) is 0 Å². The third-order valence-corrected chi connectivity index (χ3v) is 6.24. The van der Waals surface area contributed by atoms with E-state index in [1.165, 1.54) is 22.7 Å². The highest BCUT2D eigenvalue weighted by atomic mass is 35.5. The summed E-state index contributed by atoms with van der Waals surface area (Å²) < 4.78 is 11.7. The second-order valence-electron chi connectivity index (χ2n) is 8.17. The number of pyridine rings is 2. The molecule has 0 unspecified atom stereocenters. The van der Waals surface area contributed by atoms with E-state index in [0.29, 0.717) is 12.4 Å². The zero-order valence-corrected chi connectivity index (χ0v) is 19.0. The molecule has 0 saturated carbocycles. The zero-order valence-electron chi connectivity index (χ0n) is 18.2. The number of aryl methyl sites for hydroxylation is 1. The fourth-order valence-electron chi connectivity index (χ4n) is 4.61. The van der Waals surface area contributed by atoms with Crippen molar-refractivity contribution >= 4 is 29.0 Å². The van der Waals surface area contributed by atoms with Crippen molar-refractivity contribution in [1.82, 2.24) is 23.8 Å². The first kappa shape index (κ1) is 28.7. The molecule has 8 heteroatoms. The Kier molecular flexibility index (Phi) is 9.13. The molecule has 1 aromatic carbocycles. The Balaban J connectivity index is 0.00000114. The van der Waals surface area contributed by atoms with E-state index in [0.717, 1.165) is 42.1 Å². The summed E-state index contributed by atoms with van der Waals surface area (Å²) in [6.45, 7) is 2.19. The molecule has 0 bridgehead atoms. The minimum Gasteiger partial charge on any atom is -0.487 e. The molecule has 6 rings (SSSR count). The van der Waals surface area contributed by atoms with Crippen LogP contribution in [0.5, 0.6) is 5.75 Å². The normalized spacial score (nSPS) is 12.0. The molecule has 0 aliphatic carbocycles. The van der Waals surface area contributed by atoms with E-state index in [-0.39, 0.29) is 40.2 Å². The van der Waals surface area contributed by atoms with Gasteiger partial charge in [0.2, 0.25) is 0 Å². The molecule has 1 aliphatic heterocycles. The van der Waals surface area contributed by atoms with Crippen LogP contribution in [-0.2, 0) is 26.6 Å². The van der Waals surface area contributed by atoms with Crippen molar-refractivity contribution in [3.63, 3.8) is 0 Å². The SMILES string of the molecule is C.C.C.Cl.Cn1c2c(c3ccc(-n4ccc(OCc5cn6ccccc6n5)cc4=O)cc31)CCNC2. The number of ether oxygens (including phenoxy) is 1. The summed E-state index contributed by atoms with van der Waals surface area (Å²) in [5.74, 6) is 0.532. The van der Waals surface area contributed by atoms with Crippen LogP contribution in [0.3, 0.4) is 0 Å². The summed E-state index contributed by atoms with van der Waals surface area (Å²) >= 11 is 0. The summed E-state index contributed by atoms with van der Waals surface area (Å²) in [5.41, 5.74) is 6.29. The maximum absolute atomic E-state index is 12.9. The van der Waals surface area contributed by atoms with E-state index in [9.17, 15) is 4.79 Å². The van der Waals surface area contributed by atoms with Gasteiger partial charge in [-0.2, -0.15) is 0 Å². The number of rotatable bonds is 4. The number of halogens is 1. The van der Waals surface area contributed by atoms with Crippen molar-refractivity contribution in [3.8, 4) is 11.4 Å². The van der Waals surface area contributed by atoms with Gasteiger partial charge >= 0.3 is 0 Å². The summed E-state index contributed by atoms with van der Waals surface area (Å²) in [6.07, 6.45) is 6.68. The standard InChI is InChI=1S/C25H23N5O2.3CH4.ClH/c1-28-22-12-18(5-6-20(22)21-7-9-26-14-23(21)28)30-11-8-19(13-25(30)31)32-16-17-15-29-10-3-2-4-24(29)27-17;;;;/h2-6,8,10-13,15,26H,7,9,14,16H2,1H3;3*1H4;1H. The van der Waals surface area contributed by atoms with Gasteiger partial charge in [0.1, 0.15) is 18.0 Å². The fraction of sp³-hybridized carbons (Fsp3) is 0.286. The van der Waals surface area contributed by atoms with Gasteiger partial charge in [-0.1, -0.05) is 34.4 Å². The van der Waals surface area contributed by atoms with Crippen LogP contribution < -0.4 is 15.6 Å². The van der Waals surface area contributed by atoms with Crippen LogP contribution in [-0.4, -0.2) is 25.1 Å². The van der Waals surface area contributed by atoms with Gasteiger partial charge in [-0.3, -0.25) is 9.36 Å². The zero-order chi connectivity index (χ0) is 21.7. The number of imidazole rings is 1. The topological polar surface area (TPSA) is 65.5 Å². The molecular formula is C28H36ClN5O2. The second kappa shape index (κ2) is 11.5. The van der Waals surface area contributed by atoms with Crippen molar-refractivity contribution in [2.24, 2.45) is 7.05 Å². The van der Waals surface area contributed by atoms with Gasteiger partial charge in [-0.15, -0.1) is 12.4 Å². The Labute approximate surface area is 218 Å². The average Bonchev–Trinajstić information content (AvgIpc) is 3.37. The van der Waals surface area contributed by atoms with Crippen molar-refractivity contribution in [2.45, 2.75) is 41.9 Å². The molecule has 7 nitrogen and oxygen atoms in total. The van der Waals surface area contributed by atoms with Crippen LogP contribution in [0.25, 0.3) is 22.2 Å². The predicted octanol–water partition coefficient (Wildman–Crippen LogP) is 5.53. The first-order valence-electron chi connectivity index (χ1n) is 10.8. The van der Waals surface area contributed by atoms with Crippen LogP contribution in [0.1, 0.15) is 39.2 Å². The molecular weight excluding hydrogens is 474 g/mol. The van der Waals surface area contributed by atoms with Gasteiger partial charge in [-0.05, 0) is 48.9 Å². The van der Waals surface area contributed by atoms with Gasteiger partial charge in [-0.25, -0.2) is 4.98 Å². The van der Waals surface area contributed by atoms with Gasteiger partial charge < -0.3 is 19.0 Å². The molecule has 0 amide bonds. The number of hydrogen-bond acceptors (Lipinski definition) is 4. The lowest BCUT2D eigenvalue weighted by atomic mass is 10.0. The van der Waals surface area contributed by atoms with Crippen molar-refractivity contribution in [3.05, 3.63) is 94.4 Å². The minimum atomic E-state index is -0.127. The second-order valence-corrected chi connectivity index (χ2v) is 8.17. The van der Waals surface area contributed by atoms with Gasteiger partial charge in [0, 0.05) is 49.3 Å². The number of benzene rings is 1. The average molecular weight is 510 g/mol. The molecule has 0 atom stereocenters. The maximum atomic E-state index is 12.9. The number of aromatic nitrogens is 4. The molecule has 1 aliphatic rings. The highest BCUT2D eigenvalue weighted by molar-refractivity contribution is 5.87. The summed E-state index contributed by atoms with van der Waals surface area (Å²) in [5, 5.41) is 4.71. The molecule has 0 saturated heterocycles. The van der Waals surface area contributed by atoms with E-state index < -0.39 is 0 Å².